The zero-order valence-corrected chi connectivity index (χ0v) is 31.6. The molecule has 5 heterocycles. The summed E-state index contributed by atoms with van der Waals surface area (Å²) in [6, 6.07) is 12.4. The molecule has 2 atom stereocenters. The summed E-state index contributed by atoms with van der Waals surface area (Å²) in [5.74, 6) is 0.480. The van der Waals surface area contributed by atoms with Crippen LogP contribution in [0.5, 0.6) is 5.75 Å². The van der Waals surface area contributed by atoms with Crippen LogP contribution in [-0.4, -0.2) is 88.5 Å². The number of nitrogens with one attached hydrogen (secondary N) is 1. The Bertz CT molecular complexity index is 2280. The minimum atomic E-state index is -3.75. The molecule has 2 saturated heterocycles. The molecule has 9 rings (SSSR count). The number of amides is 2. The zero-order valence-electron chi connectivity index (χ0n) is 30.8. The number of nitrogens with zero attached hydrogens (tertiary/aromatic N) is 5. The molecule has 53 heavy (non-hydrogen) atoms. The van der Waals surface area contributed by atoms with Gasteiger partial charge in [0.25, 0.3) is 11.8 Å². The highest BCUT2D eigenvalue weighted by atomic mass is 32.2. The molecular formula is C41H48N6O5S. The SMILES string of the molecule is CCN1C[C@H]2C[C@@H]1CN2C(=O)c1cnn(C)c1C1=Cc2cc(OC)ccc2-c2c(C3CCCCC3)c3ccc(C(=O)NS(=O)(=O)C4CCC4)cc3n2C1. The van der Waals surface area contributed by atoms with Crippen LogP contribution in [0.25, 0.3) is 33.8 Å². The van der Waals surface area contributed by atoms with E-state index in [2.05, 4.69) is 44.4 Å². The number of benzene rings is 2. The number of fused-ring (bicyclic) bond motifs is 7. The zero-order chi connectivity index (χ0) is 36.6. The van der Waals surface area contributed by atoms with Crippen molar-refractivity contribution < 1.29 is 22.7 Å². The number of aromatic nitrogens is 3. The molecule has 1 N–H and O–H groups in total. The second-order valence-electron chi connectivity index (χ2n) is 15.7. The molecule has 12 heteroatoms. The molecule has 2 bridgehead atoms. The molecule has 0 radical (unpaired) electrons. The Balaban J connectivity index is 1.20. The van der Waals surface area contributed by atoms with Crippen molar-refractivity contribution in [3.8, 4) is 17.0 Å². The van der Waals surface area contributed by atoms with Gasteiger partial charge < -0.3 is 14.2 Å². The van der Waals surface area contributed by atoms with Crippen LogP contribution in [0, 0.1) is 0 Å². The first-order valence-corrected chi connectivity index (χ1v) is 20.9. The quantitative estimate of drug-likeness (QED) is 0.230. The number of ether oxygens (including phenoxy) is 1. The average Bonchev–Trinajstić information content (AvgIpc) is 3.89. The van der Waals surface area contributed by atoms with Gasteiger partial charge in [-0.05, 0) is 97.7 Å². The predicted molar refractivity (Wildman–Crippen MR) is 205 cm³/mol. The van der Waals surface area contributed by atoms with E-state index in [1.54, 1.807) is 19.4 Å². The highest BCUT2D eigenvalue weighted by molar-refractivity contribution is 7.90. The number of sulfonamides is 1. The number of aryl methyl sites for hydroxylation is 1. The average molecular weight is 737 g/mol. The maximum absolute atomic E-state index is 14.4. The molecule has 278 valence electrons. The maximum Gasteiger partial charge on any atom is 0.264 e. The fraction of sp³-hybridized carbons (Fsp3) is 0.488. The van der Waals surface area contributed by atoms with Gasteiger partial charge in [0, 0.05) is 54.3 Å². The second kappa shape index (κ2) is 13.2. The number of carbonyl (C=O) groups is 2. The van der Waals surface area contributed by atoms with E-state index in [-0.39, 0.29) is 11.9 Å². The summed E-state index contributed by atoms with van der Waals surface area (Å²) in [6.07, 6.45) is 12.6. The van der Waals surface area contributed by atoms with Gasteiger partial charge >= 0.3 is 0 Å². The van der Waals surface area contributed by atoms with Gasteiger partial charge in [0.1, 0.15) is 5.75 Å². The topological polar surface area (TPSA) is 119 Å². The molecule has 11 nitrogen and oxygen atoms in total. The van der Waals surface area contributed by atoms with E-state index < -0.39 is 21.2 Å². The molecule has 5 aliphatic rings. The normalized spacial score (nSPS) is 21.9. The van der Waals surface area contributed by atoms with Crippen LogP contribution in [0.1, 0.15) is 108 Å². The number of rotatable bonds is 8. The molecular weight excluding hydrogens is 689 g/mol. The third kappa shape index (κ3) is 5.71. The Morgan fingerprint density at radius 1 is 0.962 bits per heavy atom. The minimum absolute atomic E-state index is 0.0134. The summed E-state index contributed by atoms with van der Waals surface area (Å²) >= 11 is 0. The van der Waals surface area contributed by atoms with E-state index in [1.165, 1.54) is 12.0 Å². The molecule has 2 aromatic heterocycles. The smallest absolute Gasteiger partial charge is 0.264 e. The van der Waals surface area contributed by atoms with E-state index in [1.807, 2.05) is 34.8 Å². The number of piperazine rings is 1. The lowest BCUT2D eigenvalue weighted by Crippen LogP contribution is -2.48. The first-order chi connectivity index (χ1) is 25.6. The van der Waals surface area contributed by atoms with Gasteiger partial charge in [-0.2, -0.15) is 5.10 Å². The van der Waals surface area contributed by atoms with E-state index in [9.17, 15) is 18.0 Å². The summed E-state index contributed by atoms with van der Waals surface area (Å²) in [5.41, 5.74) is 7.88. The Morgan fingerprint density at radius 2 is 1.77 bits per heavy atom. The highest BCUT2D eigenvalue weighted by Crippen LogP contribution is 2.48. The van der Waals surface area contributed by atoms with Crippen molar-refractivity contribution in [3.63, 3.8) is 0 Å². The number of likely N-dealkylation sites (tertiary alicyclic amines) is 2. The van der Waals surface area contributed by atoms with Gasteiger partial charge in [0.05, 0.1) is 42.1 Å². The number of carbonyl (C=O) groups excluding carboxylic acids is 2. The van der Waals surface area contributed by atoms with E-state index >= 15 is 0 Å². The number of likely N-dealkylation sites (N-methyl/N-ethyl adjacent to an activating group) is 1. The standard InChI is InChI=1S/C41H48N6O5S/c1-4-45-23-30-20-29(45)24-46(30)41(49)35-21-42-44(2)38(35)28-17-27-18-31(52-3)14-16-33(27)39-37(25-9-6-5-7-10-25)34-15-13-26(19-36(34)47(39)22-28)40(48)43-53(50,51)32-11-8-12-32/h13-19,21,25,29-30,32H,4-12,20,22-24H2,1-3H3,(H,43,48)/t29-,30-/m1/s1. The lowest BCUT2D eigenvalue weighted by atomic mass is 9.81. The van der Waals surface area contributed by atoms with Crippen molar-refractivity contribution in [3.05, 3.63) is 70.5 Å². The van der Waals surface area contributed by atoms with Gasteiger partial charge in [-0.25, -0.2) is 13.1 Å². The molecule has 0 unspecified atom stereocenters. The van der Waals surface area contributed by atoms with Gasteiger partial charge in [-0.3, -0.25) is 19.2 Å². The van der Waals surface area contributed by atoms with Gasteiger partial charge in [-0.1, -0.05) is 38.7 Å². The molecule has 4 aromatic rings. The van der Waals surface area contributed by atoms with Crippen molar-refractivity contribution >= 4 is 44.4 Å². The molecule has 2 aromatic carbocycles. The number of allylic oxidation sites excluding steroid dienone is 1. The number of methoxy groups -OCH3 is 1. The van der Waals surface area contributed by atoms with Crippen LogP contribution in [-0.2, 0) is 23.6 Å². The molecule has 4 fully saturated rings. The summed E-state index contributed by atoms with van der Waals surface area (Å²) < 4.78 is 38.2. The van der Waals surface area contributed by atoms with Gasteiger partial charge in [0.2, 0.25) is 10.0 Å². The monoisotopic (exact) mass is 736 g/mol. The molecule has 2 amide bonds. The van der Waals surface area contributed by atoms with Crippen LogP contribution in [0.15, 0.2) is 42.6 Å². The van der Waals surface area contributed by atoms with E-state index in [0.29, 0.717) is 42.5 Å². The number of hydrogen-bond acceptors (Lipinski definition) is 7. The Kier molecular flexibility index (Phi) is 8.53. The largest absolute Gasteiger partial charge is 0.497 e. The van der Waals surface area contributed by atoms with Crippen molar-refractivity contribution in [1.82, 2.24) is 28.9 Å². The fourth-order valence-corrected chi connectivity index (χ4v) is 11.3. The van der Waals surface area contributed by atoms with Crippen LogP contribution >= 0.6 is 0 Å². The summed E-state index contributed by atoms with van der Waals surface area (Å²) in [4.78, 5) is 32.6. The lowest BCUT2D eigenvalue weighted by Gasteiger charge is -2.33. The first-order valence-electron chi connectivity index (χ1n) is 19.3. The molecule has 3 aliphatic heterocycles. The third-order valence-electron chi connectivity index (χ3n) is 12.8. The van der Waals surface area contributed by atoms with Crippen LogP contribution in [0.3, 0.4) is 0 Å². The van der Waals surface area contributed by atoms with Crippen LogP contribution < -0.4 is 9.46 Å². The minimum Gasteiger partial charge on any atom is -0.497 e. The summed E-state index contributed by atoms with van der Waals surface area (Å²) in [6.45, 7) is 5.23. The van der Waals surface area contributed by atoms with Crippen molar-refractivity contribution in [2.24, 2.45) is 7.05 Å². The fourth-order valence-electron chi connectivity index (χ4n) is 9.79. The van der Waals surface area contributed by atoms with Crippen molar-refractivity contribution in [1.29, 1.82) is 0 Å². The highest BCUT2D eigenvalue weighted by Gasteiger charge is 2.45. The van der Waals surface area contributed by atoms with Crippen LogP contribution in [0.4, 0.5) is 0 Å². The summed E-state index contributed by atoms with van der Waals surface area (Å²) in [7, 11) is -0.184. The van der Waals surface area contributed by atoms with Crippen molar-refractivity contribution in [2.75, 3.05) is 26.7 Å². The Hall–Kier alpha value is -4.42. The first kappa shape index (κ1) is 34.4. The van der Waals surface area contributed by atoms with E-state index in [0.717, 1.165) is 103 Å². The molecule has 0 spiro atoms. The summed E-state index contributed by atoms with van der Waals surface area (Å²) in [5, 5.41) is 5.22. The van der Waals surface area contributed by atoms with E-state index in [4.69, 9.17) is 4.74 Å². The maximum atomic E-state index is 14.4. The predicted octanol–water partition coefficient (Wildman–Crippen LogP) is 6.18. The Labute approximate surface area is 311 Å². The molecule has 2 aliphatic carbocycles. The number of hydrogen-bond donors (Lipinski definition) is 1. The van der Waals surface area contributed by atoms with Gasteiger partial charge in [0.15, 0.2) is 0 Å². The van der Waals surface area contributed by atoms with Crippen LogP contribution in [0.2, 0.25) is 0 Å². The van der Waals surface area contributed by atoms with Gasteiger partial charge in [-0.15, -0.1) is 0 Å². The lowest BCUT2D eigenvalue weighted by molar-refractivity contribution is 0.0630. The Morgan fingerprint density at radius 3 is 2.47 bits per heavy atom. The second-order valence-corrected chi connectivity index (χ2v) is 17.6. The van der Waals surface area contributed by atoms with Crippen molar-refractivity contribution in [2.45, 2.75) is 94.5 Å². The molecule has 2 saturated carbocycles. The third-order valence-corrected chi connectivity index (χ3v) is 14.6.